The van der Waals surface area contributed by atoms with E-state index in [0.29, 0.717) is 0 Å². The van der Waals surface area contributed by atoms with E-state index in [4.69, 9.17) is 10.2 Å². The van der Waals surface area contributed by atoms with E-state index >= 15 is 0 Å². The zero-order valence-electron chi connectivity index (χ0n) is 8.97. The fraction of sp³-hybridized carbons (Fsp3) is 0.273. The highest BCUT2D eigenvalue weighted by Gasteiger charge is 2.13. The summed E-state index contributed by atoms with van der Waals surface area (Å²) in [5.74, 6) is -2.08. The molecule has 1 aromatic carbocycles. The molecule has 0 aromatic heterocycles. The molecule has 0 amide bonds. The van der Waals surface area contributed by atoms with Crippen molar-refractivity contribution in [1.29, 1.82) is 0 Å². The zero-order valence-corrected chi connectivity index (χ0v) is 10.6. The van der Waals surface area contributed by atoms with Crippen molar-refractivity contribution in [2.45, 2.75) is 6.54 Å². The number of rotatable bonds is 6. The fourth-order valence-electron chi connectivity index (χ4n) is 1.44. The van der Waals surface area contributed by atoms with Gasteiger partial charge in [0.15, 0.2) is 0 Å². The van der Waals surface area contributed by atoms with Crippen LogP contribution in [0.5, 0.6) is 0 Å². The van der Waals surface area contributed by atoms with Crippen LogP contribution in [-0.2, 0) is 16.1 Å². The van der Waals surface area contributed by atoms with Gasteiger partial charge in [-0.2, -0.15) is 0 Å². The highest BCUT2D eigenvalue weighted by Crippen LogP contribution is 2.13. The standard InChI is InChI=1S/C11H12BrNO4/c12-9-3-1-2-8(4-9)5-13(6-10(14)15)7-11(16)17/h1-4H,5-7H2,(H,14,15)(H,16,17). The summed E-state index contributed by atoms with van der Waals surface area (Å²) in [6.07, 6.45) is 0. The van der Waals surface area contributed by atoms with Gasteiger partial charge in [0, 0.05) is 11.0 Å². The van der Waals surface area contributed by atoms with E-state index in [-0.39, 0.29) is 19.6 Å². The normalized spacial score (nSPS) is 10.5. The highest BCUT2D eigenvalue weighted by atomic mass is 79.9. The van der Waals surface area contributed by atoms with Crippen molar-refractivity contribution in [2.24, 2.45) is 0 Å². The molecule has 5 nitrogen and oxygen atoms in total. The lowest BCUT2D eigenvalue weighted by atomic mass is 10.2. The molecule has 0 radical (unpaired) electrons. The quantitative estimate of drug-likeness (QED) is 0.831. The summed E-state index contributed by atoms with van der Waals surface area (Å²) >= 11 is 3.30. The van der Waals surface area contributed by atoms with Crippen molar-refractivity contribution in [2.75, 3.05) is 13.1 Å². The Morgan fingerprint density at radius 2 is 1.76 bits per heavy atom. The summed E-state index contributed by atoms with van der Waals surface area (Å²) in [4.78, 5) is 22.6. The number of aliphatic carboxylic acids is 2. The molecule has 0 atom stereocenters. The van der Waals surface area contributed by atoms with E-state index in [0.717, 1.165) is 10.0 Å². The second-order valence-electron chi connectivity index (χ2n) is 3.56. The lowest BCUT2D eigenvalue weighted by molar-refractivity contribution is -0.142. The molecule has 92 valence electrons. The minimum absolute atomic E-state index is 0.290. The van der Waals surface area contributed by atoms with Gasteiger partial charge in [-0.1, -0.05) is 28.1 Å². The van der Waals surface area contributed by atoms with Gasteiger partial charge < -0.3 is 10.2 Å². The van der Waals surface area contributed by atoms with Crippen molar-refractivity contribution in [1.82, 2.24) is 4.90 Å². The zero-order chi connectivity index (χ0) is 12.8. The lowest BCUT2D eigenvalue weighted by Gasteiger charge is -2.17. The first kappa shape index (κ1) is 13.7. The number of carboxylic acid groups (broad SMARTS) is 2. The summed E-state index contributed by atoms with van der Waals surface area (Å²) in [6, 6.07) is 7.32. The maximum atomic E-state index is 10.6. The van der Waals surface area contributed by atoms with E-state index in [2.05, 4.69) is 15.9 Å². The second-order valence-corrected chi connectivity index (χ2v) is 4.48. The van der Waals surface area contributed by atoms with E-state index < -0.39 is 11.9 Å². The Morgan fingerprint density at radius 3 is 2.24 bits per heavy atom. The van der Waals surface area contributed by atoms with Crippen LogP contribution >= 0.6 is 15.9 Å². The molecule has 0 saturated carbocycles. The summed E-state index contributed by atoms with van der Waals surface area (Å²) in [6.45, 7) is -0.296. The first-order valence-electron chi connectivity index (χ1n) is 4.88. The largest absolute Gasteiger partial charge is 0.480 e. The molecule has 0 aliphatic carbocycles. The van der Waals surface area contributed by atoms with E-state index in [9.17, 15) is 9.59 Å². The lowest BCUT2D eigenvalue weighted by Crippen LogP contribution is -2.33. The summed E-state index contributed by atoms with van der Waals surface area (Å²) in [5.41, 5.74) is 0.863. The predicted octanol–water partition coefficient (Wildman–Crippen LogP) is 1.42. The summed E-state index contributed by atoms with van der Waals surface area (Å²) < 4.78 is 0.876. The SMILES string of the molecule is O=C(O)CN(CC(=O)O)Cc1cccc(Br)c1. The van der Waals surface area contributed by atoms with Gasteiger partial charge in [0.05, 0.1) is 13.1 Å². The molecule has 0 aliphatic heterocycles. The van der Waals surface area contributed by atoms with Crippen LogP contribution in [0, 0.1) is 0 Å². The van der Waals surface area contributed by atoms with Gasteiger partial charge in [0.1, 0.15) is 0 Å². The predicted molar refractivity (Wildman–Crippen MR) is 64.7 cm³/mol. The third-order valence-electron chi connectivity index (χ3n) is 2.01. The van der Waals surface area contributed by atoms with Crippen LogP contribution in [0.15, 0.2) is 28.7 Å². The number of hydrogen-bond acceptors (Lipinski definition) is 3. The number of nitrogens with zero attached hydrogens (tertiary/aromatic N) is 1. The minimum atomic E-state index is -1.04. The Morgan fingerprint density at radius 1 is 1.18 bits per heavy atom. The fourth-order valence-corrected chi connectivity index (χ4v) is 1.89. The molecule has 0 fully saturated rings. The highest BCUT2D eigenvalue weighted by molar-refractivity contribution is 9.10. The topological polar surface area (TPSA) is 77.8 Å². The molecule has 0 saturated heterocycles. The Hall–Kier alpha value is -1.40. The van der Waals surface area contributed by atoms with Gasteiger partial charge >= 0.3 is 11.9 Å². The molecule has 1 aromatic rings. The molecule has 0 bridgehead atoms. The summed E-state index contributed by atoms with van der Waals surface area (Å²) in [7, 11) is 0. The van der Waals surface area contributed by atoms with Crippen LogP contribution in [-0.4, -0.2) is 40.1 Å². The van der Waals surface area contributed by atoms with E-state index in [1.165, 1.54) is 4.90 Å². The van der Waals surface area contributed by atoms with Crippen LogP contribution in [0.2, 0.25) is 0 Å². The molecule has 1 rings (SSSR count). The third kappa shape index (κ3) is 5.46. The third-order valence-corrected chi connectivity index (χ3v) is 2.51. The van der Waals surface area contributed by atoms with Crippen LogP contribution in [0.25, 0.3) is 0 Å². The molecule has 0 spiro atoms. The molecule has 0 unspecified atom stereocenters. The maximum Gasteiger partial charge on any atom is 0.317 e. The molecular formula is C11H12BrNO4. The van der Waals surface area contributed by atoms with Crippen molar-refractivity contribution in [3.63, 3.8) is 0 Å². The number of benzene rings is 1. The van der Waals surface area contributed by atoms with Crippen molar-refractivity contribution in [3.8, 4) is 0 Å². The van der Waals surface area contributed by atoms with E-state index in [1.54, 1.807) is 0 Å². The smallest absolute Gasteiger partial charge is 0.317 e. The first-order chi connectivity index (χ1) is 7.97. The molecule has 0 aliphatic rings. The number of halogens is 1. The maximum absolute atomic E-state index is 10.6. The Balaban J connectivity index is 2.71. The number of carboxylic acids is 2. The monoisotopic (exact) mass is 301 g/mol. The van der Waals surface area contributed by atoms with Gasteiger partial charge in [-0.25, -0.2) is 0 Å². The van der Waals surface area contributed by atoms with Crippen LogP contribution in [0.1, 0.15) is 5.56 Å². The van der Waals surface area contributed by atoms with Crippen molar-refractivity contribution in [3.05, 3.63) is 34.3 Å². The first-order valence-corrected chi connectivity index (χ1v) is 5.67. The van der Waals surface area contributed by atoms with Gasteiger partial charge in [0.25, 0.3) is 0 Å². The van der Waals surface area contributed by atoms with Gasteiger partial charge in [0.2, 0.25) is 0 Å². The van der Waals surface area contributed by atoms with Crippen LogP contribution in [0.3, 0.4) is 0 Å². The molecule has 0 heterocycles. The van der Waals surface area contributed by atoms with Crippen molar-refractivity contribution < 1.29 is 19.8 Å². The average Bonchev–Trinajstić information content (AvgIpc) is 2.14. The second kappa shape index (κ2) is 6.36. The Labute approximate surface area is 107 Å². The minimum Gasteiger partial charge on any atom is -0.480 e. The van der Waals surface area contributed by atoms with Crippen LogP contribution in [0.4, 0.5) is 0 Å². The number of hydrogen-bond donors (Lipinski definition) is 2. The Bertz CT molecular complexity index is 406. The average molecular weight is 302 g/mol. The molecule has 2 N–H and O–H groups in total. The van der Waals surface area contributed by atoms with Gasteiger partial charge in [-0.3, -0.25) is 14.5 Å². The molecular weight excluding hydrogens is 290 g/mol. The van der Waals surface area contributed by atoms with Crippen molar-refractivity contribution >= 4 is 27.9 Å². The molecule has 6 heteroatoms. The van der Waals surface area contributed by atoms with E-state index in [1.807, 2.05) is 24.3 Å². The van der Waals surface area contributed by atoms with Crippen LogP contribution < -0.4 is 0 Å². The van der Waals surface area contributed by atoms with Gasteiger partial charge in [-0.05, 0) is 17.7 Å². The number of carbonyl (C=O) groups is 2. The van der Waals surface area contributed by atoms with Gasteiger partial charge in [-0.15, -0.1) is 0 Å². The summed E-state index contributed by atoms with van der Waals surface area (Å²) in [5, 5.41) is 17.4. The molecule has 17 heavy (non-hydrogen) atoms. The Kier molecular flexibility index (Phi) is 5.11.